The van der Waals surface area contributed by atoms with E-state index >= 15 is 0 Å². The zero-order chi connectivity index (χ0) is 9.10. The van der Waals surface area contributed by atoms with Crippen molar-refractivity contribution in [2.45, 2.75) is 25.3 Å². The minimum Gasteiger partial charge on any atom is -0.381 e. The molecule has 0 saturated carbocycles. The maximum atomic E-state index is 9.10. The molecule has 2 rings (SSSR count). The number of hydrogen-bond acceptors (Lipinski definition) is 3. The van der Waals surface area contributed by atoms with Gasteiger partial charge in [-0.2, -0.15) is 5.26 Å². The average Bonchev–Trinajstić information content (AvgIpc) is 2.76. The summed E-state index contributed by atoms with van der Waals surface area (Å²) in [6, 6.07) is 2.55. The molecular weight excluding hydrogens is 164 g/mol. The highest BCUT2D eigenvalue weighted by molar-refractivity contribution is 4.98. The maximum Gasteiger partial charge on any atom is 0.103 e. The topological polar surface area (TPSA) is 36.3 Å². The van der Waals surface area contributed by atoms with Crippen LogP contribution in [0.15, 0.2) is 0 Å². The Kier molecular flexibility index (Phi) is 2.82. The molecule has 72 valence electrons. The van der Waals surface area contributed by atoms with Gasteiger partial charge in [-0.05, 0) is 32.4 Å². The van der Waals surface area contributed by atoms with Gasteiger partial charge in [-0.25, -0.2) is 0 Å². The third-order valence-corrected chi connectivity index (χ3v) is 3.08. The van der Waals surface area contributed by atoms with Crippen molar-refractivity contribution in [1.82, 2.24) is 4.90 Å². The first-order chi connectivity index (χ1) is 6.42. The van der Waals surface area contributed by atoms with E-state index in [1.807, 2.05) is 0 Å². The van der Waals surface area contributed by atoms with Crippen molar-refractivity contribution in [3.8, 4) is 6.07 Å². The fourth-order valence-corrected chi connectivity index (χ4v) is 2.31. The smallest absolute Gasteiger partial charge is 0.103 e. The van der Waals surface area contributed by atoms with Gasteiger partial charge in [0.05, 0.1) is 12.7 Å². The summed E-state index contributed by atoms with van der Waals surface area (Å²) in [5.41, 5.74) is 0. The van der Waals surface area contributed by atoms with E-state index in [2.05, 4.69) is 11.0 Å². The van der Waals surface area contributed by atoms with Crippen LogP contribution >= 0.6 is 0 Å². The van der Waals surface area contributed by atoms with Crippen LogP contribution in [0.3, 0.4) is 0 Å². The first kappa shape index (κ1) is 8.98. The lowest BCUT2D eigenvalue weighted by Crippen LogP contribution is -2.37. The molecule has 2 aliphatic heterocycles. The van der Waals surface area contributed by atoms with Gasteiger partial charge in [0.15, 0.2) is 0 Å². The SMILES string of the molecule is N#CC(C1CCOC1)N1CCCC1. The molecule has 0 N–H and O–H groups in total. The minimum atomic E-state index is 0.116. The molecule has 2 unspecified atom stereocenters. The number of rotatable bonds is 2. The quantitative estimate of drug-likeness (QED) is 0.636. The summed E-state index contributed by atoms with van der Waals surface area (Å²) in [4.78, 5) is 2.32. The predicted octanol–water partition coefficient (Wildman–Crippen LogP) is 1.01. The van der Waals surface area contributed by atoms with E-state index in [1.54, 1.807) is 0 Å². The molecule has 0 aromatic rings. The Labute approximate surface area is 79.3 Å². The lowest BCUT2D eigenvalue weighted by atomic mass is 9.99. The van der Waals surface area contributed by atoms with Crippen molar-refractivity contribution in [3.05, 3.63) is 0 Å². The second kappa shape index (κ2) is 4.08. The molecule has 0 aliphatic carbocycles. The molecule has 0 spiro atoms. The van der Waals surface area contributed by atoms with Gasteiger partial charge in [-0.3, -0.25) is 4.90 Å². The van der Waals surface area contributed by atoms with E-state index in [1.165, 1.54) is 12.8 Å². The van der Waals surface area contributed by atoms with Crippen LogP contribution in [-0.4, -0.2) is 37.2 Å². The molecule has 0 aromatic heterocycles. The monoisotopic (exact) mass is 180 g/mol. The fraction of sp³-hybridized carbons (Fsp3) is 0.900. The normalized spacial score (nSPS) is 31.8. The van der Waals surface area contributed by atoms with E-state index in [4.69, 9.17) is 10.00 Å². The summed E-state index contributed by atoms with van der Waals surface area (Å²) in [6.45, 7) is 3.84. The molecule has 2 atom stereocenters. The first-order valence-electron chi connectivity index (χ1n) is 5.13. The molecule has 0 bridgehead atoms. The molecule has 0 radical (unpaired) electrons. The van der Waals surface area contributed by atoms with E-state index in [0.717, 1.165) is 32.7 Å². The molecule has 3 heteroatoms. The third-order valence-electron chi connectivity index (χ3n) is 3.08. The zero-order valence-corrected chi connectivity index (χ0v) is 7.91. The Hall–Kier alpha value is -0.590. The Morgan fingerprint density at radius 3 is 2.69 bits per heavy atom. The van der Waals surface area contributed by atoms with Gasteiger partial charge < -0.3 is 4.74 Å². The van der Waals surface area contributed by atoms with Gasteiger partial charge in [0.2, 0.25) is 0 Å². The summed E-state index contributed by atoms with van der Waals surface area (Å²) in [6.07, 6.45) is 3.58. The molecule has 2 aliphatic rings. The Morgan fingerprint density at radius 2 is 2.15 bits per heavy atom. The van der Waals surface area contributed by atoms with Crippen LogP contribution in [0.1, 0.15) is 19.3 Å². The number of ether oxygens (including phenoxy) is 1. The molecule has 2 heterocycles. The van der Waals surface area contributed by atoms with Crippen LogP contribution in [0, 0.1) is 17.2 Å². The summed E-state index contributed by atoms with van der Waals surface area (Å²) in [5, 5.41) is 9.10. The molecule has 13 heavy (non-hydrogen) atoms. The standard InChI is InChI=1S/C10H16N2O/c11-7-10(9-3-6-13-8-9)12-4-1-2-5-12/h9-10H,1-6,8H2. The van der Waals surface area contributed by atoms with Crippen LogP contribution in [-0.2, 0) is 4.74 Å². The van der Waals surface area contributed by atoms with E-state index in [9.17, 15) is 0 Å². The summed E-state index contributed by atoms with van der Waals surface area (Å²) in [5.74, 6) is 0.461. The van der Waals surface area contributed by atoms with Crippen molar-refractivity contribution in [2.24, 2.45) is 5.92 Å². The number of likely N-dealkylation sites (tertiary alicyclic amines) is 1. The lowest BCUT2D eigenvalue weighted by molar-refractivity contribution is 0.158. The van der Waals surface area contributed by atoms with Crippen LogP contribution in [0.2, 0.25) is 0 Å². The van der Waals surface area contributed by atoms with Gasteiger partial charge in [-0.15, -0.1) is 0 Å². The first-order valence-corrected chi connectivity index (χ1v) is 5.13. The van der Waals surface area contributed by atoms with Crippen molar-refractivity contribution in [3.63, 3.8) is 0 Å². The molecule has 0 amide bonds. The summed E-state index contributed by atoms with van der Waals surface area (Å²) < 4.78 is 5.32. The van der Waals surface area contributed by atoms with E-state index in [0.29, 0.717) is 5.92 Å². The predicted molar refractivity (Wildman–Crippen MR) is 49.1 cm³/mol. The van der Waals surface area contributed by atoms with Crippen molar-refractivity contribution < 1.29 is 4.74 Å². The number of hydrogen-bond donors (Lipinski definition) is 0. The summed E-state index contributed by atoms with van der Waals surface area (Å²) in [7, 11) is 0. The highest BCUT2D eigenvalue weighted by atomic mass is 16.5. The van der Waals surface area contributed by atoms with Crippen molar-refractivity contribution in [2.75, 3.05) is 26.3 Å². The molecule has 2 fully saturated rings. The number of nitriles is 1. The van der Waals surface area contributed by atoms with Crippen LogP contribution in [0.25, 0.3) is 0 Å². The van der Waals surface area contributed by atoms with Gasteiger partial charge in [0.1, 0.15) is 6.04 Å². The van der Waals surface area contributed by atoms with Gasteiger partial charge in [0.25, 0.3) is 0 Å². The van der Waals surface area contributed by atoms with Gasteiger partial charge in [-0.1, -0.05) is 0 Å². The van der Waals surface area contributed by atoms with Crippen LogP contribution in [0.4, 0.5) is 0 Å². The highest BCUT2D eigenvalue weighted by Crippen LogP contribution is 2.23. The van der Waals surface area contributed by atoms with E-state index in [-0.39, 0.29) is 6.04 Å². The Morgan fingerprint density at radius 1 is 1.38 bits per heavy atom. The van der Waals surface area contributed by atoms with Crippen molar-refractivity contribution >= 4 is 0 Å². The Bertz CT molecular complexity index is 183. The third kappa shape index (κ3) is 1.84. The molecule has 3 nitrogen and oxygen atoms in total. The maximum absolute atomic E-state index is 9.10. The second-order valence-corrected chi connectivity index (χ2v) is 3.94. The Balaban J connectivity index is 1.95. The zero-order valence-electron chi connectivity index (χ0n) is 7.91. The molecular formula is C10H16N2O. The second-order valence-electron chi connectivity index (χ2n) is 3.94. The van der Waals surface area contributed by atoms with Gasteiger partial charge >= 0.3 is 0 Å². The van der Waals surface area contributed by atoms with E-state index < -0.39 is 0 Å². The molecule has 0 aromatic carbocycles. The largest absolute Gasteiger partial charge is 0.381 e. The number of nitrogens with zero attached hydrogens (tertiary/aromatic N) is 2. The van der Waals surface area contributed by atoms with Crippen LogP contribution in [0.5, 0.6) is 0 Å². The summed E-state index contributed by atoms with van der Waals surface area (Å²) >= 11 is 0. The van der Waals surface area contributed by atoms with Crippen LogP contribution < -0.4 is 0 Å². The minimum absolute atomic E-state index is 0.116. The highest BCUT2D eigenvalue weighted by Gasteiger charge is 2.31. The lowest BCUT2D eigenvalue weighted by Gasteiger charge is -2.25. The fourth-order valence-electron chi connectivity index (χ4n) is 2.31. The molecule has 2 saturated heterocycles. The average molecular weight is 180 g/mol. The van der Waals surface area contributed by atoms with Crippen molar-refractivity contribution in [1.29, 1.82) is 5.26 Å². The van der Waals surface area contributed by atoms with Gasteiger partial charge in [0, 0.05) is 12.5 Å².